The van der Waals surface area contributed by atoms with E-state index in [2.05, 4.69) is 23.4 Å². The molecule has 0 saturated carbocycles. The highest BCUT2D eigenvalue weighted by Gasteiger charge is 2.46. The summed E-state index contributed by atoms with van der Waals surface area (Å²) in [6.07, 6.45) is 2.83. The van der Waals surface area contributed by atoms with Crippen LogP contribution < -0.4 is 10.4 Å². The maximum atomic E-state index is 14.1. The van der Waals surface area contributed by atoms with Gasteiger partial charge in [0, 0.05) is 37.7 Å². The molecule has 2 aromatic heterocycles. The number of aromatic hydroxyl groups is 1. The minimum atomic E-state index is -0.756. The first kappa shape index (κ1) is 22.9. The van der Waals surface area contributed by atoms with Crippen molar-refractivity contribution in [3.8, 4) is 16.3 Å². The average Bonchev–Trinajstić information content (AvgIpc) is 3.42. The molecule has 4 heterocycles. The third kappa shape index (κ3) is 3.54. The van der Waals surface area contributed by atoms with Gasteiger partial charge in [-0.15, -0.1) is 16.8 Å². The largest absolute Gasteiger partial charge is 0.502 e. The monoisotopic (exact) mass is 497 g/mol. The third-order valence-corrected chi connectivity index (χ3v) is 7.31. The van der Waals surface area contributed by atoms with Gasteiger partial charge in [-0.3, -0.25) is 19.3 Å². The molecular weight excluding hydrogens is 476 g/mol. The summed E-state index contributed by atoms with van der Waals surface area (Å²) in [7, 11) is 0. The number of benzene rings is 1. The van der Waals surface area contributed by atoms with Crippen molar-refractivity contribution in [2.75, 3.05) is 18.1 Å². The van der Waals surface area contributed by atoms with E-state index in [0.717, 1.165) is 29.0 Å². The number of carbonyl (C=O) groups excluding carboxylic acids is 1. The zero-order valence-electron chi connectivity index (χ0n) is 18.7. The number of amides is 1. The van der Waals surface area contributed by atoms with Gasteiger partial charge in [0.15, 0.2) is 16.5 Å². The molecule has 2 aliphatic heterocycles. The van der Waals surface area contributed by atoms with E-state index in [1.807, 2.05) is 11.9 Å². The Morgan fingerprint density at radius 3 is 2.74 bits per heavy atom. The van der Waals surface area contributed by atoms with E-state index < -0.39 is 34.9 Å². The molecule has 0 aliphatic carbocycles. The van der Waals surface area contributed by atoms with Crippen molar-refractivity contribution >= 4 is 17.2 Å². The lowest BCUT2D eigenvalue weighted by molar-refractivity contribution is 0.0642. The van der Waals surface area contributed by atoms with E-state index >= 15 is 0 Å². The number of carbonyl (C=O) groups is 1. The Kier molecular flexibility index (Phi) is 5.51. The summed E-state index contributed by atoms with van der Waals surface area (Å²) in [6.45, 7) is 10.6. The molecule has 1 saturated heterocycles. The molecule has 1 N–H and O–H groups in total. The summed E-state index contributed by atoms with van der Waals surface area (Å²) >= 11 is 1.05. The Morgan fingerprint density at radius 1 is 1.29 bits per heavy atom. The standard InChI is InChI=1S/C24H21F2N5O3S/c1-4-13-10-31-23(12(13)3)29(5-2)24(34)19-21(33)20(32)16(11-30(19)31)22-28-27-18(35-22)8-14-6-7-15(25)9-17(14)26/h4,6-7,9,11,13,23,33H,1,3,5,8,10H2,2H3/t13-,23+/m1/s1. The molecule has 180 valence electrons. The number of halogens is 2. The van der Waals surface area contributed by atoms with Crippen LogP contribution in [0.15, 0.2) is 54.0 Å². The van der Waals surface area contributed by atoms with Crippen molar-refractivity contribution < 1.29 is 18.7 Å². The van der Waals surface area contributed by atoms with Crippen LogP contribution in [-0.4, -0.2) is 50.0 Å². The third-order valence-electron chi connectivity index (χ3n) is 6.35. The van der Waals surface area contributed by atoms with Crippen LogP contribution in [0, 0.1) is 17.6 Å². The van der Waals surface area contributed by atoms with Gasteiger partial charge in [0.2, 0.25) is 5.43 Å². The Bertz CT molecular complexity index is 1450. The minimum Gasteiger partial charge on any atom is -0.502 e. The fraction of sp³-hybridized carbons (Fsp3) is 0.250. The predicted octanol–water partition coefficient (Wildman–Crippen LogP) is 3.05. The average molecular weight is 498 g/mol. The van der Waals surface area contributed by atoms with Gasteiger partial charge in [-0.25, -0.2) is 8.78 Å². The molecule has 11 heteroatoms. The molecule has 1 aromatic carbocycles. The number of fused-ring (bicyclic) bond motifs is 3. The first-order chi connectivity index (χ1) is 16.7. The Balaban J connectivity index is 1.58. The molecule has 8 nitrogen and oxygen atoms in total. The lowest BCUT2D eigenvalue weighted by Gasteiger charge is -2.42. The molecular formula is C24H21F2N5O3S. The quantitative estimate of drug-likeness (QED) is 0.545. The summed E-state index contributed by atoms with van der Waals surface area (Å²) in [5.41, 5.74) is 0.192. The van der Waals surface area contributed by atoms with Crippen molar-refractivity contribution in [2.45, 2.75) is 19.5 Å². The number of likely N-dealkylation sites (N-methyl/N-ethyl adjacent to an activating group) is 1. The number of rotatable bonds is 5. The Hall–Kier alpha value is -3.86. The maximum absolute atomic E-state index is 14.1. The van der Waals surface area contributed by atoms with E-state index in [4.69, 9.17) is 0 Å². The molecule has 1 fully saturated rings. The molecule has 0 spiro atoms. The van der Waals surface area contributed by atoms with Crippen LogP contribution in [0.1, 0.15) is 28.0 Å². The number of aromatic nitrogens is 3. The molecule has 2 aliphatic rings. The van der Waals surface area contributed by atoms with Gasteiger partial charge in [-0.1, -0.05) is 30.1 Å². The van der Waals surface area contributed by atoms with E-state index in [0.29, 0.717) is 18.1 Å². The lowest BCUT2D eigenvalue weighted by atomic mass is 10.0. The smallest absolute Gasteiger partial charge is 0.278 e. The molecule has 5 rings (SSSR count). The number of pyridine rings is 1. The SMILES string of the molecule is C=C[C@@H]1CN2[C@@H](C1=C)N(CC)C(=O)c1c(O)c(=O)c(-c3nnc(Cc4ccc(F)cc4F)s3)cn12. The number of hydrogen-bond donors (Lipinski definition) is 1. The van der Waals surface area contributed by atoms with Crippen molar-refractivity contribution in [3.05, 3.63) is 87.3 Å². The molecule has 0 bridgehead atoms. The highest BCUT2D eigenvalue weighted by Crippen LogP contribution is 2.37. The summed E-state index contributed by atoms with van der Waals surface area (Å²) in [4.78, 5) is 27.9. The zero-order chi connectivity index (χ0) is 25.0. The summed E-state index contributed by atoms with van der Waals surface area (Å²) in [6, 6.07) is 3.27. The summed E-state index contributed by atoms with van der Waals surface area (Å²) in [5, 5.41) is 21.4. The normalized spacial score (nSPS) is 19.2. The minimum absolute atomic E-state index is 0.0544. The number of nitrogens with zero attached hydrogens (tertiary/aromatic N) is 5. The van der Waals surface area contributed by atoms with Crippen LogP contribution in [0.4, 0.5) is 8.78 Å². The Labute approximate surface area is 203 Å². The molecule has 1 amide bonds. The second kappa shape index (κ2) is 8.42. The molecule has 3 aromatic rings. The summed E-state index contributed by atoms with van der Waals surface area (Å²) in [5.74, 6) is -2.63. The van der Waals surface area contributed by atoms with Crippen LogP contribution in [0.2, 0.25) is 0 Å². The highest BCUT2D eigenvalue weighted by atomic mass is 32.1. The molecule has 2 atom stereocenters. The van der Waals surface area contributed by atoms with Crippen molar-refractivity contribution in [3.63, 3.8) is 0 Å². The first-order valence-electron chi connectivity index (χ1n) is 10.9. The highest BCUT2D eigenvalue weighted by molar-refractivity contribution is 7.14. The molecule has 0 radical (unpaired) electrons. The van der Waals surface area contributed by atoms with Crippen molar-refractivity contribution in [2.24, 2.45) is 5.92 Å². The molecule has 0 unspecified atom stereocenters. The van der Waals surface area contributed by atoms with Crippen LogP contribution >= 0.6 is 11.3 Å². The maximum Gasteiger partial charge on any atom is 0.278 e. The van der Waals surface area contributed by atoms with Crippen LogP contribution in [0.25, 0.3) is 10.6 Å². The molecule has 35 heavy (non-hydrogen) atoms. The van der Waals surface area contributed by atoms with Gasteiger partial charge in [-0.05, 0) is 24.1 Å². The van der Waals surface area contributed by atoms with Crippen LogP contribution in [0.3, 0.4) is 0 Å². The van der Waals surface area contributed by atoms with Crippen LogP contribution in [0.5, 0.6) is 5.75 Å². The number of hydrogen-bond acceptors (Lipinski definition) is 7. The lowest BCUT2D eigenvalue weighted by Crippen LogP contribution is -2.58. The second-order valence-corrected chi connectivity index (χ2v) is 9.39. The van der Waals surface area contributed by atoms with E-state index in [-0.39, 0.29) is 34.2 Å². The van der Waals surface area contributed by atoms with Gasteiger partial charge in [0.05, 0.1) is 5.56 Å². The van der Waals surface area contributed by atoms with E-state index in [9.17, 15) is 23.5 Å². The topological polar surface area (TPSA) is 91.6 Å². The van der Waals surface area contributed by atoms with E-state index in [1.165, 1.54) is 16.9 Å². The second-order valence-electron chi connectivity index (χ2n) is 8.33. The fourth-order valence-corrected chi connectivity index (χ4v) is 5.43. The van der Waals surface area contributed by atoms with Gasteiger partial charge < -0.3 is 10.0 Å². The van der Waals surface area contributed by atoms with Crippen molar-refractivity contribution in [1.82, 2.24) is 19.8 Å². The van der Waals surface area contributed by atoms with E-state index in [1.54, 1.807) is 11.0 Å². The fourth-order valence-electron chi connectivity index (χ4n) is 4.56. The predicted molar refractivity (Wildman–Crippen MR) is 127 cm³/mol. The van der Waals surface area contributed by atoms with Gasteiger partial charge in [-0.2, -0.15) is 0 Å². The van der Waals surface area contributed by atoms with Gasteiger partial charge >= 0.3 is 0 Å². The summed E-state index contributed by atoms with van der Waals surface area (Å²) < 4.78 is 28.7. The van der Waals surface area contributed by atoms with Crippen LogP contribution in [-0.2, 0) is 6.42 Å². The first-order valence-corrected chi connectivity index (χ1v) is 11.7. The Morgan fingerprint density at radius 2 is 2.06 bits per heavy atom. The zero-order valence-corrected chi connectivity index (χ0v) is 19.6. The van der Waals surface area contributed by atoms with Gasteiger partial charge in [0.25, 0.3) is 5.91 Å². The van der Waals surface area contributed by atoms with Gasteiger partial charge in [0.1, 0.15) is 22.8 Å². The van der Waals surface area contributed by atoms with Crippen molar-refractivity contribution in [1.29, 1.82) is 0 Å².